The molecule has 1 fully saturated rings. The largest absolute Gasteiger partial charge is 0.338 e. The van der Waals surface area contributed by atoms with Crippen LogP contribution in [0, 0.1) is 0 Å². The van der Waals surface area contributed by atoms with Gasteiger partial charge in [-0.15, -0.1) is 11.6 Å². The molecule has 1 heterocycles. The SMILES string of the molecule is CC(Cl)C(=O)N1CCN(C(=O)c2ccccc2Br)CC1. The van der Waals surface area contributed by atoms with Gasteiger partial charge in [0.05, 0.1) is 5.56 Å². The second-order valence-electron chi connectivity index (χ2n) is 4.71. The topological polar surface area (TPSA) is 40.6 Å². The maximum absolute atomic E-state index is 12.4. The van der Waals surface area contributed by atoms with E-state index in [0.29, 0.717) is 31.7 Å². The number of hydrogen-bond acceptors (Lipinski definition) is 2. The Morgan fingerprint density at radius 1 is 1.15 bits per heavy atom. The van der Waals surface area contributed by atoms with E-state index >= 15 is 0 Å². The van der Waals surface area contributed by atoms with Crippen molar-refractivity contribution >= 4 is 39.3 Å². The molecule has 1 aliphatic rings. The van der Waals surface area contributed by atoms with Crippen molar-refractivity contribution in [3.05, 3.63) is 34.3 Å². The average molecular weight is 360 g/mol. The Hall–Kier alpha value is -1.07. The maximum atomic E-state index is 12.4. The highest BCUT2D eigenvalue weighted by Gasteiger charge is 2.27. The van der Waals surface area contributed by atoms with Crippen LogP contribution in [-0.2, 0) is 4.79 Å². The number of hydrogen-bond donors (Lipinski definition) is 0. The van der Waals surface area contributed by atoms with E-state index in [2.05, 4.69) is 15.9 Å². The zero-order chi connectivity index (χ0) is 14.7. The maximum Gasteiger partial charge on any atom is 0.255 e. The van der Waals surface area contributed by atoms with Crippen molar-refractivity contribution in [2.24, 2.45) is 0 Å². The third-order valence-corrected chi connectivity index (χ3v) is 4.20. The van der Waals surface area contributed by atoms with Gasteiger partial charge in [0.25, 0.3) is 5.91 Å². The molecule has 0 aliphatic carbocycles. The lowest BCUT2D eigenvalue weighted by molar-refractivity contribution is -0.131. The van der Waals surface area contributed by atoms with E-state index in [9.17, 15) is 9.59 Å². The van der Waals surface area contributed by atoms with Gasteiger partial charge in [-0.1, -0.05) is 12.1 Å². The van der Waals surface area contributed by atoms with E-state index < -0.39 is 5.38 Å². The van der Waals surface area contributed by atoms with E-state index in [1.165, 1.54) is 0 Å². The highest BCUT2D eigenvalue weighted by atomic mass is 79.9. The zero-order valence-electron chi connectivity index (χ0n) is 11.2. The summed E-state index contributed by atoms with van der Waals surface area (Å²) in [7, 11) is 0. The zero-order valence-corrected chi connectivity index (χ0v) is 13.5. The predicted octanol–water partition coefficient (Wildman–Crippen LogP) is 2.36. The monoisotopic (exact) mass is 358 g/mol. The number of halogens is 2. The minimum absolute atomic E-state index is 0.0107. The van der Waals surface area contributed by atoms with Crippen LogP contribution in [-0.4, -0.2) is 53.2 Å². The molecule has 1 aromatic carbocycles. The van der Waals surface area contributed by atoms with Crippen molar-refractivity contribution in [2.75, 3.05) is 26.2 Å². The second-order valence-corrected chi connectivity index (χ2v) is 6.22. The third kappa shape index (κ3) is 3.33. The van der Waals surface area contributed by atoms with E-state index in [-0.39, 0.29) is 11.8 Å². The molecule has 2 amide bonds. The van der Waals surface area contributed by atoms with E-state index in [4.69, 9.17) is 11.6 Å². The van der Waals surface area contributed by atoms with Crippen molar-refractivity contribution in [2.45, 2.75) is 12.3 Å². The summed E-state index contributed by atoms with van der Waals surface area (Å²) in [6, 6.07) is 7.36. The van der Waals surface area contributed by atoms with Gasteiger partial charge in [-0.3, -0.25) is 9.59 Å². The molecule has 0 bridgehead atoms. The molecule has 1 unspecified atom stereocenters. The number of amides is 2. The van der Waals surface area contributed by atoms with E-state index in [0.717, 1.165) is 4.47 Å². The molecule has 1 aromatic rings. The summed E-state index contributed by atoms with van der Waals surface area (Å²) >= 11 is 9.19. The first-order valence-electron chi connectivity index (χ1n) is 6.47. The lowest BCUT2D eigenvalue weighted by Crippen LogP contribution is -2.52. The van der Waals surface area contributed by atoms with Crippen LogP contribution >= 0.6 is 27.5 Å². The molecule has 0 saturated carbocycles. The van der Waals surface area contributed by atoms with Crippen molar-refractivity contribution in [1.29, 1.82) is 0 Å². The van der Waals surface area contributed by atoms with Crippen molar-refractivity contribution in [3.8, 4) is 0 Å². The normalized spacial score (nSPS) is 16.9. The van der Waals surface area contributed by atoms with Gasteiger partial charge in [0, 0.05) is 30.7 Å². The molecule has 6 heteroatoms. The van der Waals surface area contributed by atoms with Gasteiger partial charge in [-0.05, 0) is 35.0 Å². The van der Waals surface area contributed by atoms with E-state index in [1.807, 2.05) is 18.2 Å². The molecule has 1 aliphatic heterocycles. The Labute approximate surface area is 131 Å². The summed E-state index contributed by atoms with van der Waals surface area (Å²) in [5, 5.41) is -0.513. The van der Waals surface area contributed by atoms with Crippen LogP contribution in [0.2, 0.25) is 0 Å². The van der Waals surface area contributed by atoms with Crippen LogP contribution in [0.4, 0.5) is 0 Å². The van der Waals surface area contributed by atoms with Gasteiger partial charge in [0.1, 0.15) is 5.38 Å². The van der Waals surface area contributed by atoms with Gasteiger partial charge in [-0.2, -0.15) is 0 Å². The lowest BCUT2D eigenvalue weighted by atomic mass is 10.2. The number of carbonyl (C=O) groups excluding carboxylic acids is 2. The van der Waals surface area contributed by atoms with Crippen LogP contribution in [0.5, 0.6) is 0 Å². The Morgan fingerprint density at radius 3 is 2.25 bits per heavy atom. The Bertz CT molecular complexity index is 514. The van der Waals surface area contributed by atoms with Crippen molar-refractivity contribution in [1.82, 2.24) is 9.80 Å². The number of rotatable bonds is 2. The number of carbonyl (C=O) groups is 2. The smallest absolute Gasteiger partial charge is 0.255 e. The molecule has 0 radical (unpaired) electrons. The molecule has 0 aromatic heterocycles. The van der Waals surface area contributed by atoms with Crippen molar-refractivity contribution < 1.29 is 9.59 Å². The Kier molecular flexibility index (Phi) is 5.05. The highest BCUT2D eigenvalue weighted by molar-refractivity contribution is 9.10. The summed E-state index contributed by atoms with van der Waals surface area (Å²) in [6.07, 6.45) is 0. The Morgan fingerprint density at radius 2 is 1.70 bits per heavy atom. The lowest BCUT2D eigenvalue weighted by Gasteiger charge is -2.35. The van der Waals surface area contributed by atoms with Crippen LogP contribution in [0.15, 0.2) is 28.7 Å². The summed E-state index contributed by atoms with van der Waals surface area (Å²) in [5.41, 5.74) is 0.651. The first-order chi connectivity index (χ1) is 9.50. The molecule has 1 atom stereocenters. The van der Waals surface area contributed by atoms with Gasteiger partial charge >= 0.3 is 0 Å². The minimum atomic E-state index is -0.513. The number of nitrogens with zero attached hydrogens (tertiary/aromatic N) is 2. The first-order valence-corrected chi connectivity index (χ1v) is 7.70. The number of piperazine rings is 1. The second kappa shape index (κ2) is 6.59. The van der Waals surface area contributed by atoms with Gasteiger partial charge in [0.15, 0.2) is 0 Å². The third-order valence-electron chi connectivity index (χ3n) is 3.32. The molecule has 0 N–H and O–H groups in total. The predicted molar refractivity (Wildman–Crippen MR) is 81.9 cm³/mol. The van der Waals surface area contributed by atoms with Crippen LogP contribution in [0.3, 0.4) is 0 Å². The fourth-order valence-electron chi connectivity index (χ4n) is 2.19. The molecule has 2 rings (SSSR count). The van der Waals surface area contributed by atoms with Crippen molar-refractivity contribution in [3.63, 3.8) is 0 Å². The summed E-state index contributed by atoms with van der Waals surface area (Å²) < 4.78 is 0.790. The molecule has 1 saturated heterocycles. The van der Waals surface area contributed by atoms with Gasteiger partial charge < -0.3 is 9.80 Å². The van der Waals surface area contributed by atoms with Gasteiger partial charge in [0.2, 0.25) is 5.91 Å². The fraction of sp³-hybridized carbons (Fsp3) is 0.429. The quantitative estimate of drug-likeness (QED) is 0.761. The standard InChI is InChI=1S/C14H16BrClN2O2/c1-10(16)13(19)17-6-8-18(9-7-17)14(20)11-4-2-3-5-12(11)15/h2-5,10H,6-9H2,1H3. The Balaban J connectivity index is 1.99. The fourth-order valence-corrected chi connectivity index (χ4v) is 2.78. The summed E-state index contributed by atoms with van der Waals surface area (Å²) in [6.45, 7) is 3.81. The minimum Gasteiger partial charge on any atom is -0.338 e. The van der Waals surface area contributed by atoms with Crippen LogP contribution in [0.25, 0.3) is 0 Å². The molecule has 4 nitrogen and oxygen atoms in total. The average Bonchev–Trinajstić information content (AvgIpc) is 2.46. The molecular formula is C14H16BrClN2O2. The van der Waals surface area contributed by atoms with Crippen LogP contribution < -0.4 is 0 Å². The summed E-state index contributed by atoms with van der Waals surface area (Å²) in [5.74, 6) is -0.0804. The van der Waals surface area contributed by atoms with Gasteiger partial charge in [-0.25, -0.2) is 0 Å². The molecular weight excluding hydrogens is 344 g/mol. The first kappa shape index (κ1) is 15.3. The molecule has 20 heavy (non-hydrogen) atoms. The number of benzene rings is 1. The number of alkyl halides is 1. The molecule has 0 spiro atoms. The van der Waals surface area contributed by atoms with E-state index in [1.54, 1.807) is 22.8 Å². The molecule has 108 valence electrons. The summed E-state index contributed by atoms with van der Waals surface area (Å²) in [4.78, 5) is 27.7. The highest BCUT2D eigenvalue weighted by Crippen LogP contribution is 2.19. The van der Waals surface area contributed by atoms with Crippen LogP contribution in [0.1, 0.15) is 17.3 Å².